The Morgan fingerprint density at radius 3 is 2.41 bits per heavy atom. The quantitative estimate of drug-likeness (QED) is 0.624. The van der Waals surface area contributed by atoms with E-state index >= 15 is 0 Å². The molecule has 1 heterocycles. The van der Waals surface area contributed by atoms with Crippen LogP contribution in [0.5, 0.6) is 11.5 Å². The van der Waals surface area contributed by atoms with Crippen LogP contribution in [0.3, 0.4) is 0 Å². The fraction of sp³-hybridized carbons (Fsp3) is 0.217. The first kappa shape index (κ1) is 20.2. The minimum absolute atomic E-state index is 0.182. The molecule has 3 aromatic rings. The Kier molecular flexibility index (Phi) is 6.68. The molecule has 150 valence electrons. The van der Waals surface area contributed by atoms with E-state index in [0.29, 0.717) is 23.6 Å². The standard InChI is InChI=1S/C23H25N3O3/c1-4-26(19-8-6-5-7-9-19)20-13-18(15-24-16-20)23(27)25-14-17-10-11-21(28-2)22(12-17)29-3/h5-13,15-16H,4,14H2,1-3H3,(H,25,27). The molecule has 2 aromatic carbocycles. The Hall–Kier alpha value is -3.54. The Bertz CT molecular complexity index is 961. The van der Waals surface area contributed by atoms with Crippen molar-refractivity contribution in [2.75, 3.05) is 25.7 Å². The summed E-state index contributed by atoms with van der Waals surface area (Å²) in [5.41, 5.74) is 3.36. The van der Waals surface area contributed by atoms with Crippen LogP contribution in [0.4, 0.5) is 11.4 Å². The highest BCUT2D eigenvalue weighted by Gasteiger charge is 2.12. The maximum atomic E-state index is 12.7. The summed E-state index contributed by atoms with van der Waals surface area (Å²) < 4.78 is 10.6. The summed E-state index contributed by atoms with van der Waals surface area (Å²) >= 11 is 0. The first-order valence-electron chi connectivity index (χ1n) is 9.43. The summed E-state index contributed by atoms with van der Waals surface area (Å²) in [4.78, 5) is 19.0. The number of aromatic nitrogens is 1. The van der Waals surface area contributed by atoms with Gasteiger partial charge >= 0.3 is 0 Å². The zero-order chi connectivity index (χ0) is 20.6. The van der Waals surface area contributed by atoms with E-state index in [0.717, 1.165) is 23.5 Å². The molecule has 0 spiro atoms. The summed E-state index contributed by atoms with van der Waals surface area (Å²) in [5.74, 6) is 1.10. The molecule has 0 aliphatic heterocycles. The van der Waals surface area contributed by atoms with Gasteiger partial charge in [0.25, 0.3) is 5.91 Å². The van der Waals surface area contributed by atoms with Crippen LogP contribution >= 0.6 is 0 Å². The largest absolute Gasteiger partial charge is 0.493 e. The third-order valence-electron chi connectivity index (χ3n) is 4.58. The van der Waals surface area contributed by atoms with Crippen molar-refractivity contribution in [3.05, 3.63) is 78.1 Å². The lowest BCUT2D eigenvalue weighted by Gasteiger charge is -2.23. The molecule has 0 unspecified atom stereocenters. The number of pyridine rings is 1. The monoisotopic (exact) mass is 391 g/mol. The van der Waals surface area contributed by atoms with Crippen molar-refractivity contribution in [2.45, 2.75) is 13.5 Å². The van der Waals surface area contributed by atoms with Crippen molar-refractivity contribution < 1.29 is 14.3 Å². The molecule has 0 radical (unpaired) electrons. The number of rotatable bonds is 8. The van der Waals surface area contributed by atoms with E-state index in [1.54, 1.807) is 26.6 Å². The molecule has 1 N–H and O–H groups in total. The third-order valence-corrected chi connectivity index (χ3v) is 4.58. The number of methoxy groups -OCH3 is 2. The number of hydrogen-bond donors (Lipinski definition) is 1. The van der Waals surface area contributed by atoms with Gasteiger partial charge in [0.15, 0.2) is 11.5 Å². The Morgan fingerprint density at radius 1 is 0.966 bits per heavy atom. The van der Waals surface area contributed by atoms with E-state index in [-0.39, 0.29) is 5.91 Å². The van der Waals surface area contributed by atoms with E-state index in [2.05, 4.69) is 22.1 Å². The van der Waals surface area contributed by atoms with Crippen LogP contribution in [0, 0.1) is 0 Å². The number of anilines is 2. The van der Waals surface area contributed by atoms with Crippen LogP contribution in [0.15, 0.2) is 67.0 Å². The van der Waals surface area contributed by atoms with Crippen LogP contribution in [0.2, 0.25) is 0 Å². The zero-order valence-electron chi connectivity index (χ0n) is 16.9. The number of hydrogen-bond acceptors (Lipinski definition) is 5. The van der Waals surface area contributed by atoms with E-state index in [1.165, 1.54) is 0 Å². The summed E-state index contributed by atoms with van der Waals surface area (Å²) in [6.45, 7) is 3.21. The van der Waals surface area contributed by atoms with Crippen molar-refractivity contribution >= 4 is 17.3 Å². The van der Waals surface area contributed by atoms with Crippen molar-refractivity contribution in [3.63, 3.8) is 0 Å². The second-order valence-corrected chi connectivity index (χ2v) is 6.38. The predicted molar refractivity (Wildman–Crippen MR) is 114 cm³/mol. The Labute approximate surface area is 171 Å². The molecule has 0 atom stereocenters. The lowest BCUT2D eigenvalue weighted by atomic mass is 10.2. The van der Waals surface area contributed by atoms with E-state index in [9.17, 15) is 4.79 Å². The van der Waals surface area contributed by atoms with Crippen LogP contribution in [-0.4, -0.2) is 31.7 Å². The average molecular weight is 391 g/mol. The van der Waals surface area contributed by atoms with Gasteiger partial charge in [-0.25, -0.2) is 0 Å². The fourth-order valence-electron chi connectivity index (χ4n) is 3.10. The molecule has 3 rings (SSSR count). The van der Waals surface area contributed by atoms with Crippen LogP contribution < -0.4 is 19.7 Å². The SMILES string of the molecule is CCN(c1ccccc1)c1cncc(C(=O)NCc2ccc(OC)c(OC)c2)c1. The summed E-state index contributed by atoms with van der Waals surface area (Å²) in [7, 11) is 3.18. The number of nitrogens with one attached hydrogen (secondary N) is 1. The molecule has 0 saturated carbocycles. The first-order valence-corrected chi connectivity index (χ1v) is 9.43. The number of amides is 1. The Balaban J connectivity index is 1.73. The third kappa shape index (κ3) is 4.85. The van der Waals surface area contributed by atoms with Crippen molar-refractivity contribution in [1.82, 2.24) is 10.3 Å². The molecule has 29 heavy (non-hydrogen) atoms. The maximum Gasteiger partial charge on any atom is 0.253 e. The second-order valence-electron chi connectivity index (χ2n) is 6.38. The minimum Gasteiger partial charge on any atom is -0.493 e. The molecule has 6 nitrogen and oxygen atoms in total. The van der Waals surface area contributed by atoms with Gasteiger partial charge < -0.3 is 19.7 Å². The molecule has 0 bridgehead atoms. The highest BCUT2D eigenvalue weighted by Crippen LogP contribution is 2.28. The number of carbonyl (C=O) groups excluding carboxylic acids is 1. The van der Waals surface area contributed by atoms with Crippen molar-refractivity contribution in [3.8, 4) is 11.5 Å². The summed E-state index contributed by atoms with van der Waals surface area (Å²) in [5, 5.41) is 2.93. The zero-order valence-corrected chi connectivity index (χ0v) is 16.9. The normalized spacial score (nSPS) is 10.3. The Morgan fingerprint density at radius 2 is 1.72 bits per heavy atom. The van der Waals surface area contributed by atoms with Crippen LogP contribution in [0.25, 0.3) is 0 Å². The minimum atomic E-state index is -0.182. The maximum absolute atomic E-state index is 12.7. The van der Waals surface area contributed by atoms with E-state index in [4.69, 9.17) is 9.47 Å². The molecule has 0 saturated heterocycles. The van der Waals surface area contributed by atoms with Gasteiger partial charge in [0, 0.05) is 25.0 Å². The number of carbonyl (C=O) groups is 1. The molecular formula is C23H25N3O3. The van der Waals surface area contributed by atoms with Crippen molar-refractivity contribution in [2.24, 2.45) is 0 Å². The topological polar surface area (TPSA) is 63.7 Å². The number of ether oxygens (including phenoxy) is 2. The lowest BCUT2D eigenvalue weighted by Crippen LogP contribution is -2.24. The highest BCUT2D eigenvalue weighted by molar-refractivity contribution is 5.94. The molecule has 0 aliphatic rings. The van der Waals surface area contributed by atoms with Gasteiger partial charge in [-0.2, -0.15) is 0 Å². The number of benzene rings is 2. The first-order chi connectivity index (χ1) is 14.2. The number of nitrogens with zero attached hydrogens (tertiary/aromatic N) is 2. The summed E-state index contributed by atoms with van der Waals surface area (Å²) in [6, 6.07) is 17.5. The highest BCUT2D eigenvalue weighted by atomic mass is 16.5. The van der Waals surface area contributed by atoms with Gasteiger partial charge in [-0.15, -0.1) is 0 Å². The molecule has 1 aromatic heterocycles. The van der Waals surface area contributed by atoms with Crippen LogP contribution in [-0.2, 0) is 6.54 Å². The van der Waals surface area contributed by atoms with Gasteiger partial charge in [-0.3, -0.25) is 9.78 Å². The van der Waals surface area contributed by atoms with Gasteiger partial charge in [-0.05, 0) is 42.8 Å². The molecular weight excluding hydrogens is 366 g/mol. The molecule has 0 fully saturated rings. The van der Waals surface area contributed by atoms with Gasteiger partial charge in [0.2, 0.25) is 0 Å². The fourth-order valence-corrected chi connectivity index (χ4v) is 3.10. The van der Waals surface area contributed by atoms with Gasteiger partial charge in [0.05, 0.1) is 31.7 Å². The average Bonchev–Trinajstić information content (AvgIpc) is 2.78. The van der Waals surface area contributed by atoms with Gasteiger partial charge in [0.1, 0.15) is 0 Å². The van der Waals surface area contributed by atoms with E-state index < -0.39 is 0 Å². The van der Waals surface area contributed by atoms with E-state index in [1.807, 2.05) is 54.6 Å². The smallest absolute Gasteiger partial charge is 0.253 e. The van der Waals surface area contributed by atoms with Gasteiger partial charge in [-0.1, -0.05) is 24.3 Å². The number of para-hydroxylation sites is 1. The van der Waals surface area contributed by atoms with Crippen LogP contribution in [0.1, 0.15) is 22.8 Å². The van der Waals surface area contributed by atoms with Crippen molar-refractivity contribution in [1.29, 1.82) is 0 Å². The second kappa shape index (κ2) is 9.59. The lowest BCUT2D eigenvalue weighted by molar-refractivity contribution is 0.0950. The molecule has 1 amide bonds. The molecule has 0 aliphatic carbocycles. The molecule has 6 heteroatoms. The summed E-state index contributed by atoms with van der Waals surface area (Å²) in [6.07, 6.45) is 3.34. The predicted octanol–water partition coefficient (Wildman–Crippen LogP) is 4.19.